The molecule has 0 radical (unpaired) electrons. The first-order valence-corrected chi connectivity index (χ1v) is 34.1. The summed E-state index contributed by atoms with van der Waals surface area (Å²) in [5.41, 5.74) is 39.7. The van der Waals surface area contributed by atoms with Crippen molar-refractivity contribution in [3.05, 3.63) is 151 Å². The average Bonchev–Trinajstić information content (AvgIpc) is 1.79. The Labute approximate surface area is 514 Å². The highest BCUT2D eigenvalue weighted by Crippen LogP contribution is 2.52. The zero-order valence-electron chi connectivity index (χ0n) is 55.2. The van der Waals surface area contributed by atoms with E-state index in [9.17, 15) is 0 Å². The fraction of sp³-hybridized carbons (Fsp3) is 0.462. The molecule has 0 aliphatic carbocycles. The van der Waals surface area contributed by atoms with E-state index >= 15 is 0 Å². The zero-order valence-corrected chi connectivity index (χ0v) is 55.2. The summed E-state index contributed by atoms with van der Waals surface area (Å²) in [6, 6.07) is 24.1. The third-order valence-electron chi connectivity index (χ3n) is 20.7. The molecule has 10 heterocycles. The molecule has 4 atom stereocenters. The second-order valence-corrected chi connectivity index (χ2v) is 24.6. The number of fused-ring (bicyclic) bond motifs is 16. The smallest absolute Gasteiger partial charge is 0.0768 e. The lowest BCUT2D eigenvalue weighted by Gasteiger charge is -2.21. The van der Waals surface area contributed by atoms with Gasteiger partial charge in [0, 0.05) is 79.6 Å². The fourth-order valence-corrected chi connectivity index (χ4v) is 16.6. The summed E-state index contributed by atoms with van der Waals surface area (Å²) in [6.07, 6.45) is 15.1. The van der Waals surface area contributed by atoms with Crippen LogP contribution in [0.5, 0.6) is 0 Å². The van der Waals surface area contributed by atoms with Crippen LogP contribution in [-0.2, 0) is 25.7 Å². The van der Waals surface area contributed by atoms with Crippen LogP contribution in [0.4, 0.5) is 0 Å². The van der Waals surface area contributed by atoms with Crippen LogP contribution in [0, 0.1) is 0 Å². The third-order valence-corrected chi connectivity index (χ3v) is 20.7. The van der Waals surface area contributed by atoms with Crippen LogP contribution in [-0.4, -0.2) is 39.9 Å². The van der Waals surface area contributed by atoms with E-state index in [1.807, 2.05) is 0 Å². The second kappa shape index (κ2) is 25.3. The van der Waals surface area contributed by atoms with Crippen LogP contribution < -0.4 is 0 Å². The van der Waals surface area contributed by atoms with Crippen LogP contribution in [0.2, 0.25) is 0 Å². The molecule has 8 heteroatoms. The SMILES string of the molecule is CCC1=C(CC)c2cc3[nH]c(cc4nc(c(-c5ccc(-c6c7nc(cc8[nH]c(cc9nc(cc%10[nH]c6C(CC)C%10CC)C(CC)=C9CC)c(CC)c8CC)C(CC)=C7CC)cc5)c5[nH]c(cc1n2)C(CC)C5CC)C(CC)=C4CC)c(CC)c3CC. The van der Waals surface area contributed by atoms with Crippen molar-refractivity contribution >= 4 is 66.7 Å². The summed E-state index contributed by atoms with van der Waals surface area (Å²) in [6.45, 7) is 37.2. The predicted octanol–water partition coefficient (Wildman–Crippen LogP) is 22.3. The van der Waals surface area contributed by atoms with Crippen molar-refractivity contribution < 1.29 is 0 Å². The first-order valence-electron chi connectivity index (χ1n) is 34.1. The number of nitrogens with one attached hydrogen (secondary N) is 4. The molecule has 0 amide bonds. The Bertz CT molecular complexity index is 3780. The summed E-state index contributed by atoms with van der Waals surface area (Å²) in [7, 11) is 0. The van der Waals surface area contributed by atoms with E-state index < -0.39 is 0 Å². The number of hydrogen-bond donors (Lipinski definition) is 4. The highest BCUT2D eigenvalue weighted by molar-refractivity contribution is 6.00. The van der Waals surface area contributed by atoms with E-state index in [-0.39, 0.29) is 11.8 Å². The first kappa shape index (κ1) is 60.6. The fourth-order valence-electron chi connectivity index (χ4n) is 16.6. The Morgan fingerprint density at radius 2 is 0.535 bits per heavy atom. The van der Waals surface area contributed by atoms with Crippen LogP contribution in [0.1, 0.15) is 302 Å². The maximum Gasteiger partial charge on any atom is 0.0768 e. The maximum atomic E-state index is 5.92. The number of allylic oxidation sites excluding steroid dienone is 8. The molecular formula is C78H98N8. The number of aromatic amines is 4. The molecule has 4 unspecified atom stereocenters. The van der Waals surface area contributed by atoms with E-state index in [1.165, 1.54) is 134 Å². The number of hydrogen-bond acceptors (Lipinski definition) is 4. The minimum Gasteiger partial charge on any atom is -0.361 e. The Morgan fingerprint density at radius 1 is 0.279 bits per heavy atom. The number of aromatic nitrogens is 8. The van der Waals surface area contributed by atoms with Crippen molar-refractivity contribution in [2.24, 2.45) is 0 Å². The molecule has 0 fully saturated rings. The minimum absolute atomic E-state index is 0.256. The predicted molar refractivity (Wildman–Crippen MR) is 368 cm³/mol. The van der Waals surface area contributed by atoms with Crippen LogP contribution >= 0.6 is 0 Å². The minimum atomic E-state index is 0.256. The van der Waals surface area contributed by atoms with E-state index in [2.05, 4.69) is 191 Å². The lowest BCUT2D eigenvalue weighted by molar-refractivity contribution is 0.533. The molecule has 4 N–H and O–H groups in total. The molecule has 4 aromatic heterocycles. The Balaban J connectivity index is 1.27. The molecule has 6 aliphatic rings. The summed E-state index contributed by atoms with van der Waals surface area (Å²) in [5, 5.41) is 0. The second-order valence-electron chi connectivity index (χ2n) is 24.6. The van der Waals surface area contributed by atoms with Crippen LogP contribution in [0.3, 0.4) is 0 Å². The van der Waals surface area contributed by atoms with E-state index in [1.54, 1.807) is 0 Å². The van der Waals surface area contributed by atoms with Gasteiger partial charge in [-0.2, -0.15) is 0 Å². The monoisotopic (exact) mass is 1150 g/mol. The number of rotatable bonds is 18. The lowest BCUT2D eigenvalue weighted by atomic mass is 9.81. The highest BCUT2D eigenvalue weighted by atomic mass is 14.9. The van der Waals surface area contributed by atoms with Gasteiger partial charge in [0.2, 0.25) is 0 Å². The molecule has 0 saturated carbocycles. The van der Waals surface area contributed by atoms with Gasteiger partial charge in [-0.25, -0.2) is 19.9 Å². The molecule has 0 saturated heterocycles. The molecule has 450 valence electrons. The van der Waals surface area contributed by atoms with Gasteiger partial charge in [0.15, 0.2) is 0 Å². The molecule has 16 bridgehead atoms. The van der Waals surface area contributed by atoms with Gasteiger partial charge in [0.25, 0.3) is 0 Å². The van der Waals surface area contributed by atoms with Crippen LogP contribution in [0.15, 0.2) is 60.7 Å². The van der Waals surface area contributed by atoms with Gasteiger partial charge in [-0.15, -0.1) is 0 Å². The molecule has 6 aliphatic heterocycles. The number of H-pyrrole nitrogens is 4. The van der Waals surface area contributed by atoms with E-state index in [0.29, 0.717) is 11.8 Å². The molecule has 1 aromatic carbocycles. The highest BCUT2D eigenvalue weighted by Gasteiger charge is 2.37. The molecule has 8 nitrogen and oxygen atoms in total. The van der Waals surface area contributed by atoms with E-state index in [0.717, 1.165) is 148 Å². The topological polar surface area (TPSA) is 115 Å². The average molecular weight is 1150 g/mol. The lowest BCUT2D eigenvalue weighted by Crippen LogP contribution is -2.06. The van der Waals surface area contributed by atoms with Crippen molar-refractivity contribution in [2.45, 2.75) is 237 Å². The van der Waals surface area contributed by atoms with Crippen molar-refractivity contribution in [3.63, 3.8) is 0 Å². The van der Waals surface area contributed by atoms with Crippen molar-refractivity contribution in [3.8, 4) is 22.3 Å². The van der Waals surface area contributed by atoms with Gasteiger partial charge in [-0.05, 0) is 217 Å². The Hall–Kier alpha value is -7.06. The van der Waals surface area contributed by atoms with Gasteiger partial charge in [-0.3, -0.25) is 0 Å². The standard InChI is InChI=1S/C78H98N8/c1-17-45-49(21-5)65-39-69-53(25-9)57(29-13)75(83-69)73(76-58(30-14)54(26-10)70(84-76)40-66-50(22-6)46(18-2)62(80-66)37-61(45)79-65)43-33-35-44(36-34-43)74-77-59(31-15)55(27-11)71(85-77)41-67-51(23-7)47(19-3)63(81-67)38-64-48(20-4)52(24-8)68(82-64)42-72-56(28-12)60(32-16)78(74)86-72/h33-42,53,55,57,59,80,82-83,85H,17-32H2,1-16H3. The van der Waals surface area contributed by atoms with Gasteiger partial charge in [0.1, 0.15) is 0 Å². The number of nitrogens with zero attached hydrogens (tertiary/aromatic N) is 4. The molecular weight excluding hydrogens is 1050 g/mol. The molecule has 0 spiro atoms. The van der Waals surface area contributed by atoms with Gasteiger partial charge < -0.3 is 19.9 Å². The quantitative estimate of drug-likeness (QED) is 0.0700. The van der Waals surface area contributed by atoms with E-state index in [4.69, 9.17) is 19.9 Å². The van der Waals surface area contributed by atoms with Gasteiger partial charge in [-0.1, -0.05) is 135 Å². The molecule has 86 heavy (non-hydrogen) atoms. The summed E-state index contributed by atoms with van der Waals surface area (Å²) in [4.78, 5) is 39.5. The molecule has 11 rings (SSSR count). The largest absolute Gasteiger partial charge is 0.361 e. The summed E-state index contributed by atoms with van der Waals surface area (Å²) < 4.78 is 0. The third kappa shape index (κ3) is 9.97. The summed E-state index contributed by atoms with van der Waals surface area (Å²) >= 11 is 0. The normalized spacial score (nSPS) is 17.9. The number of benzene rings is 1. The van der Waals surface area contributed by atoms with Crippen molar-refractivity contribution in [2.75, 3.05) is 0 Å². The number of aryl methyl sites for hydroxylation is 4. The first-order chi connectivity index (χ1) is 41.9. The van der Waals surface area contributed by atoms with Crippen molar-refractivity contribution in [1.29, 1.82) is 0 Å². The maximum absolute atomic E-state index is 5.92. The Morgan fingerprint density at radius 3 is 0.791 bits per heavy atom. The van der Waals surface area contributed by atoms with Gasteiger partial charge in [0.05, 0.1) is 45.6 Å². The Kier molecular flexibility index (Phi) is 17.9. The van der Waals surface area contributed by atoms with Crippen LogP contribution in [0.25, 0.3) is 88.9 Å². The van der Waals surface area contributed by atoms with Crippen molar-refractivity contribution in [1.82, 2.24) is 39.9 Å². The zero-order chi connectivity index (χ0) is 60.8. The summed E-state index contributed by atoms with van der Waals surface area (Å²) in [5.74, 6) is 1.10. The van der Waals surface area contributed by atoms with Gasteiger partial charge >= 0.3 is 0 Å². The molecule has 5 aromatic rings.